The van der Waals surface area contributed by atoms with E-state index in [0.29, 0.717) is 0 Å². The maximum Gasteiger partial charge on any atom is 0.227 e. The summed E-state index contributed by atoms with van der Waals surface area (Å²) >= 11 is 1.72. The Morgan fingerprint density at radius 3 is 2.52 bits per heavy atom. The van der Waals surface area contributed by atoms with E-state index in [2.05, 4.69) is 27.2 Å². The number of hydrogen-bond donors (Lipinski definition) is 1. The zero-order valence-electron chi connectivity index (χ0n) is 15.5. The van der Waals surface area contributed by atoms with Gasteiger partial charge in [-0.25, -0.2) is 4.98 Å². The molecule has 2 aliphatic heterocycles. The van der Waals surface area contributed by atoms with Gasteiger partial charge in [0.15, 0.2) is 5.13 Å². The predicted octanol–water partition coefficient (Wildman–Crippen LogP) is 1.68. The van der Waals surface area contributed by atoms with Crippen molar-refractivity contribution in [2.45, 2.75) is 12.8 Å². The van der Waals surface area contributed by atoms with Crippen LogP contribution < -0.4 is 10.2 Å². The monoisotopic (exact) mass is 432 g/mol. The van der Waals surface area contributed by atoms with E-state index in [-0.39, 0.29) is 42.6 Å². The second-order valence-electron chi connectivity index (χ2n) is 6.88. The van der Waals surface area contributed by atoms with Crippen LogP contribution in [0.5, 0.6) is 0 Å². The predicted molar refractivity (Wildman–Crippen MR) is 112 cm³/mol. The molecule has 0 unspecified atom stereocenters. The second kappa shape index (κ2) is 9.23. The lowest BCUT2D eigenvalue weighted by molar-refractivity contribution is -0.135. The summed E-state index contributed by atoms with van der Waals surface area (Å²) in [4.78, 5) is 23.1. The number of anilines is 1. The van der Waals surface area contributed by atoms with Gasteiger partial charge in [0.1, 0.15) is 0 Å². The third kappa shape index (κ3) is 4.56. The fourth-order valence-corrected chi connectivity index (χ4v) is 4.57. The molecule has 2 aromatic rings. The van der Waals surface area contributed by atoms with Gasteiger partial charge in [-0.2, -0.15) is 5.10 Å². The van der Waals surface area contributed by atoms with Gasteiger partial charge in [-0.05, 0) is 12.5 Å². The van der Waals surface area contributed by atoms with E-state index >= 15 is 0 Å². The molecule has 150 valence electrons. The molecule has 2 aromatic heterocycles. The Balaban J connectivity index is 0.00000131. The number of amides is 1. The van der Waals surface area contributed by atoms with Gasteiger partial charge in [0, 0.05) is 69.5 Å². The molecule has 2 saturated heterocycles. The minimum atomic E-state index is 0. The number of nitrogens with one attached hydrogen (secondary N) is 1. The zero-order chi connectivity index (χ0) is 17.4. The molecule has 0 bridgehead atoms. The van der Waals surface area contributed by atoms with E-state index < -0.39 is 0 Å². The Morgan fingerprint density at radius 1 is 1.19 bits per heavy atom. The van der Waals surface area contributed by atoms with Gasteiger partial charge in [0.25, 0.3) is 0 Å². The van der Waals surface area contributed by atoms with Crippen molar-refractivity contribution in [3.63, 3.8) is 0 Å². The van der Waals surface area contributed by atoms with Crippen LogP contribution in [-0.2, 0) is 11.8 Å². The Morgan fingerprint density at radius 2 is 1.93 bits per heavy atom. The first kappa shape index (κ1) is 21.9. The SMILES string of the molecule is Cc1cnc(N2CCN(C(=O)[C@H]3CNC[C@@H]3c3cnn(C)c3)CC2)s1.Cl.Cl. The van der Waals surface area contributed by atoms with Crippen molar-refractivity contribution in [2.24, 2.45) is 13.0 Å². The Bertz CT molecular complexity index is 758. The maximum absolute atomic E-state index is 13.1. The summed E-state index contributed by atoms with van der Waals surface area (Å²) in [7, 11) is 1.92. The third-order valence-electron chi connectivity index (χ3n) is 5.16. The largest absolute Gasteiger partial charge is 0.345 e. The Labute approximate surface area is 175 Å². The molecule has 0 aliphatic carbocycles. The first-order valence-corrected chi connectivity index (χ1v) is 9.59. The van der Waals surface area contributed by atoms with Crippen LogP contribution >= 0.6 is 36.2 Å². The molecular weight excluding hydrogens is 407 g/mol. The molecule has 1 amide bonds. The number of aryl methyl sites for hydroxylation is 2. The first-order chi connectivity index (χ1) is 12.1. The van der Waals surface area contributed by atoms with Crippen molar-refractivity contribution in [1.29, 1.82) is 0 Å². The van der Waals surface area contributed by atoms with E-state index in [9.17, 15) is 4.79 Å². The number of rotatable bonds is 3. The maximum atomic E-state index is 13.1. The molecule has 4 rings (SSSR count). The van der Waals surface area contributed by atoms with Crippen LogP contribution in [0.3, 0.4) is 0 Å². The number of piperazine rings is 1. The minimum absolute atomic E-state index is 0. The van der Waals surface area contributed by atoms with Gasteiger partial charge in [-0.1, -0.05) is 0 Å². The van der Waals surface area contributed by atoms with Crippen LogP contribution in [0.2, 0.25) is 0 Å². The van der Waals surface area contributed by atoms with Crippen LogP contribution in [0.1, 0.15) is 16.4 Å². The van der Waals surface area contributed by atoms with Crippen molar-refractivity contribution in [2.75, 3.05) is 44.2 Å². The average molecular weight is 433 g/mol. The summed E-state index contributed by atoms with van der Waals surface area (Å²) < 4.78 is 1.81. The molecule has 27 heavy (non-hydrogen) atoms. The lowest BCUT2D eigenvalue weighted by Gasteiger charge is -2.36. The third-order valence-corrected chi connectivity index (χ3v) is 6.13. The van der Waals surface area contributed by atoms with Crippen LogP contribution in [0.15, 0.2) is 18.6 Å². The number of aromatic nitrogens is 3. The highest BCUT2D eigenvalue weighted by atomic mass is 35.5. The Hall–Kier alpha value is -1.35. The van der Waals surface area contributed by atoms with Crippen LogP contribution in [0, 0.1) is 12.8 Å². The molecule has 2 fully saturated rings. The number of thiazole rings is 1. The summed E-state index contributed by atoms with van der Waals surface area (Å²) in [5, 5.41) is 8.72. The van der Waals surface area contributed by atoms with Crippen molar-refractivity contribution in [1.82, 2.24) is 25.0 Å². The quantitative estimate of drug-likeness (QED) is 0.798. The molecule has 7 nitrogen and oxygen atoms in total. The molecule has 4 heterocycles. The number of carbonyl (C=O) groups excluding carboxylic acids is 1. The van der Waals surface area contributed by atoms with Crippen molar-refractivity contribution >= 4 is 47.2 Å². The summed E-state index contributed by atoms with van der Waals surface area (Å²) in [5.41, 5.74) is 1.16. The summed E-state index contributed by atoms with van der Waals surface area (Å²) in [5.74, 6) is 0.507. The smallest absolute Gasteiger partial charge is 0.227 e. The highest BCUT2D eigenvalue weighted by Crippen LogP contribution is 2.30. The van der Waals surface area contributed by atoms with E-state index in [1.165, 1.54) is 4.88 Å². The van der Waals surface area contributed by atoms with Crippen molar-refractivity contribution in [3.05, 3.63) is 29.0 Å². The molecular formula is C17H26Cl2N6OS. The lowest BCUT2D eigenvalue weighted by Crippen LogP contribution is -2.51. The van der Waals surface area contributed by atoms with Crippen molar-refractivity contribution < 1.29 is 4.79 Å². The molecule has 2 atom stereocenters. The summed E-state index contributed by atoms with van der Waals surface area (Å²) in [6, 6.07) is 0. The van der Waals surface area contributed by atoms with E-state index in [4.69, 9.17) is 0 Å². The minimum Gasteiger partial charge on any atom is -0.345 e. The lowest BCUT2D eigenvalue weighted by atomic mass is 9.89. The summed E-state index contributed by atoms with van der Waals surface area (Å²) in [6.45, 7) is 6.94. The molecule has 0 radical (unpaired) electrons. The zero-order valence-corrected chi connectivity index (χ0v) is 17.9. The van der Waals surface area contributed by atoms with Crippen LogP contribution in [0.25, 0.3) is 0 Å². The molecule has 2 aliphatic rings. The fourth-order valence-electron chi connectivity index (χ4n) is 3.76. The average Bonchev–Trinajstić information content (AvgIpc) is 3.34. The molecule has 0 saturated carbocycles. The van der Waals surface area contributed by atoms with Crippen LogP contribution in [0.4, 0.5) is 5.13 Å². The highest BCUT2D eigenvalue weighted by molar-refractivity contribution is 7.15. The first-order valence-electron chi connectivity index (χ1n) is 8.77. The summed E-state index contributed by atoms with van der Waals surface area (Å²) in [6.07, 6.45) is 5.83. The van der Waals surface area contributed by atoms with Gasteiger partial charge < -0.3 is 15.1 Å². The number of halogens is 2. The number of carbonyl (C=O) groups is 1. The normalized spacial score (nSPS) is 22.3. The number of nitrogens with zero attached hydrogens (tertiary/aromatic N) is 5. The second-order valence-corrected chi connectivity index (χ2v) is 8.10. The molecule has 1 N–H and O–H groups in total. The standard InChI is InChI=1S/C17H24N6OS.2ClH/c1-12-7-19-17(25-12)23-5-3-22(4-6-23)16(24)15-10-18-9-14(15)13-8-20-21(2)11-13;;/h7-8,11,14-15,18H,3-6,9-10H2,1-2H3;2*1H/t14-,15+;;/m1../s1. The van der Waals surface area contributed by atoms with E-state index in [1.54, 1.807) is 11.3 Å². The number of hydrogen-bond acceptors (Lipinski definition) is 6. The topological polar surface area (TPSA) is 66.3 Å². The Kier molecular flexibility index (Phi) is 7.50. The van der Waals surface area contributed by atoms with Crippen LogP contribution in [-0.4, -0.2) is 64.8 Å². The fraction of sp³-hybridized carbons (Fsp3) is 0.588. The van der Waals surface area contributed by atoms with E-state index in [1.807, 2.05) is 35.2 Å². The van der Waals surface area contributed by atoms with E-state index in [0.717, 1.165) is 50.0 Å². The van der Waals surface area contributed by atoms with Gasteiger partial charge in [-0.3, -0.25) is 9.48 Å². The molecule has 10 heteroatoms. The van der Waals surface area contributed by atoms with Crippen molar-refractivity contribution in [3.8, 4) is 0 Å². The molecule has 0 spiro atoms. The van der Waals surface area contributed by atoms with Gasteiger partial charge in [0.2, 0.25) is 5.91 Å². The van der Waals surface area contributed by atoms with Gasteiger partial charge >= 0.3 is 0 Å². The van der Waals surface area contributed by atoms with Gasteiger partial charge in [-0.15, -0.1) is 36.2 Å². The molecule has 0 aromatic carbocycles. The highest BCUT2D eigenvalue weighted by Gasteiger charge is 2.37. The van der Waals surface area contributed by atoms with Gasteiger partial charge in [0.05, 0.1) is 12.1 Å².